The number of methoxy groups -OCH3 is 1. The lowest BCUT2D eigenvalue weighted by molar-refractivity contribution is 0.337. The fourth-order valence-corrected chi connectivity index (χ4v) is 4.97. The quantitative estimate of drug-likeness (QED) is 0.169. The van der Waals surface area contributed by atoms with E-state index in [1.165, 1.54) is 19.2 Å². The number of benzene rings is 3. The normalized spacial score (nSPS) is 12.2. The van der Waals surface area contributed by atoms with Crippen LogP contribution in [0.5, 0.6) is 11.5 Å². The summed E-state index contributed by atoms with van der Waals surface area (Å²) in [6, 6.07) is 19.0. The second-order valence-corrected chi connectivity index (χ2v) is 9.96. The predicted molar refractivity (Wildman–Crippen MR) is 159 cm³/mol. The van der Waals surface area contributed by atoms with E-state index in [2.05, 4.69) is 4.98 Å². The molecule has 5 nitrogen and oxygen atoms in total. The van der Waals surface area contributed by atoms with Crippen LogP contribution in [0.15, 0.2) is 77.9 Å². The van der Waals surface area contributed by atoms with E-state index in [0.717, 1.165) is 29.0 Å². The number of aliphatic imine (C=N–C) groups is 1. The Hall–Kier alpha value is -4.72. The van der Waals surface area contributed by atoms with Gasteiger partial charge in [0.25, 0.3) is 0 Å². The summed E-state index contributed by atoms with van der Waals surface area (Å²) in [6.07, 6.45) is 2.86. The van der Waals surface area contributed by atoms with Crippen molar-refractivity contribution in [2.24, 2.45) is 4.99 Å². The van der Waals surface area contributed by atoms with Crippen LogP contribution in [0.4, 0.5) is 13.2 Å². The van der Waals surface area contributed by atoms with Crippen LogP contribution in [-0.2, 0) is 0 Å². The Morgan fingerprint density at radius 3 is 2.45 bits per heavy atom. The van der Waals surface area contributed by atoms with E-state index >= 15 is 4.39 Å². The standard InChI is InChI=1S/C34H30F3N3O2/c1-5-42-34-21(3)12-30(40-33(34)26-11-20(2)28(36)16-29(26)37)27(23-9-7-6-8-10-23)19-38-17-22-13-24-15-25(35)18-39-32(24)31(14-22)41-4/h6-18,27H,5,19H2,1-4H3. The van der Waals surface area contributed by atoms with E-state index < -0.39 is 17.5 Å². The summed E-state index contributed by atoms with van der Waals surface area (Å²) in [6.45, 7) is 5.99. The number of ether oxygens (including phenoxy) is 2. The van der Waals surface area contributed by atoms with Crippen LogP contribution in [-0.4, -0.2) is 36.4 Å². The highest BCUT2D eigenvalue weighted by Crippen LogP contribution is 2.37. The minimum Gasteiger partial charge on any atom is -0.494 e. The fraction of sp³-hybridized carbons (Fsp3) is 0.206. The molecule has 5 aromatic rings. The van der Waals surface area contributed by atoms with Crippen molar-refractivity contribution >= 4 is 17.1 Å². The van der Waals surface area contributed by atoms with E-state index in [1.54, 1.807) is 25.3 Å². The number of pyridine rings is 2. The molecule has 0 amide bonds. The molecule has 0 aliphatic rings. The van der Waals surface area contributed by atoms with Crippen LogP contribution in [0.1, 0.15) is 40.8 Å². The molecule has 214 valence electrons. The highest BCUT2D eigenvalue weighted by Gasteiger charge is 2.23. The fourth-order valence-electron chi connectivity index (χ4n) is 4.97. The SMILES string of the molecule is CCOc1c(C)cc(C(CN=Cc2cc(OC)c3ncc(F)cc3c2)c2ccccc2)nc1-c1cc(C)c(F)cc1F. The Morgan fingerprint density at radius 2 is 1.71 bits per heavy atom. The van der Waals surface area contributed by atoms with E-state index in [1.807, 2.05) is 50.2 Å². The number of halogens is 3. The third-order valence-electron chi connectivity index (χ3n) is 7.01. The first-order valence-electron chi connectivity index (χ1n) is 13.6. The van der Waals surface area contributed by atoms with Crippen LogP contribution in [0.2, 0.25) is 0 Å². The molecule has 0 fully saturated rings. The average molecular weight is 570 g/mol. The van der Waals surface area contributed by atoms with Crippen molar-refractivity contribution in [3.63, 3.8) is 0 Å². The highest BCUT2D eigenvalue weighted by molar-refractivity contribution is 5.92. The minimum absolute atomic E-state index is 0.168. The first-order valence-corrected chi connectivity index (χ1v) is 13.6. The molecule has 2 heterocycles. The Kier molecular flexibility index (Phi) is 8.52. The molecule has 0 saturated heterocycles. The maximum Gasteiger partial charge on any atom is 0.148 e. The van der Waals surface area contributed by atoms with Crippen molar-refractivity contribution in [3.05, 3.63) is 118 Å². The van der Waals surface area contributed by atoms with Crippen LogP contribution < -0.4 is 9.47 Å². The molecule has 1 unspecified atom stereocenters. The number of rotatable bonds is 9. The lowest BCUT2D eigenvalue weighted by atomic mass is 9.93. The zero-order valence-corrected chi connectivity index (χ0v) is 23.8. The van der Waals surface area contributed by atoms with Gasteiger partial charge in [-0.3, -0.25) is 4.99 Å². The number of hydrogen-bond acceptors (Lipinski definition) is 5. The van der Waals surface area contributed by atoms with Crippen LogP contribution in [0.3, 0.4) is 0 Å². The molecule has 0 bridgehead atoms. The zero-order valence-electron chi connectivity index (χ0n) is 23.8. The molecule has 0 radical (unpaired) electrons. The van der Waals surface area contributed by atoms with Gasteiger partial charge in [-0.05, 0) is 73.4 Å². The van der Waals surface area contributed by atoms with Gasteiger partial charge < -0.3 is 9.47 Å². The summed E-state index contributed by atoms with van der Waals surface area (Å²) in [5, 5.41) is 0.598. The zero-order chi connectivity index (χ0) is 29.8. The monoisotopic (exact) mass is 569 g/mol. The Labute approximate surface area is 242 Å². The van der Waals surface area contributed by atoms with Crippen molar-refractivity contribution in [3.8, 4) is 22.8 Å². The van der Waals surface area contributed by atoms with Gasteiger partial charge >= 0.3 is 0 Å². The largest absolute Gasteiger partial charge is 0.494 e. The van der Waals surface area contributed by atoms with Gasteiger partial charge in [-0.25, -0.2) is 23.1 Å². The molecule has 3 aromatic carbocycles. The van der Waals surface area contributed by atoms with Gasteiger partial charge in [0.15, 0.2) is 0 Å². The van der Waals surface area contributed by atoms with Gasteiger partial charge in [0.2, 0.25) is 0 Å². The molecule has 5 rings (SSSR count). The van der Waals surface area contributed by atoms with E-state index in [-0.39, 0.29) is 11.5 Å². The third-order valence-corrected chi connectivity index (χ3v) is 7.01. The van der Waals surface area contributed by atoms with Crippen molar-refractivity contribution in [1.82, 2.24) is 9.97 Å². The minimum atomic E-state index is -0.714. The van der Waals surface area contributed by atoms with Gasteiger partial charge in [-0.2, -0.15) is 0 Å². The Bertz CT molecular complexity index is 1770. The number of aryl methyl sites for hydroxylation is 2. The van der Waals surface area contributed by atoms with Crippen molar-refractivity contribution in [2.45, 2.75) is 26.7 Å². The van der Waals surface area contributed by atoms with Crippen molar-refractivity contribution in [1.29, 1.82) is 0 Å². The van der Waals surface area contributed by atoms with Crippen LogP contribution in [0.25, 0.3) is 22.2 Å². The molecule has 42 heavy (non-hydrogen) atoms. The summed E-state index contributed by atoms with van der Waals surface area (Å²) in [4.78, 5) is 13.8. The summed E-state index contributed by atoms with van der Waals surface area (Å²) in [5.41, 5.74) is 4.48. The average Bonchev–Trinajstić information content (AvgIpc) is 2.98. The first kappa shape index (κ1) is 28.8. The molecule has 0 saturated carbocycles. The summed E-state index contributed by atoms with van der Waals surface area (Å²) >= 11 is 0. The number of aromatic nitrogens is 2. The number of nitrogens with zero attached hydrogens (tertiary/aromatic N) is 3. The smallest absolute Gasteiger partial charge is 0.148 e. The van der Waals surface area contributed by atoms with E-state index in [9.17, 15) is 8.78 Å². The highest BCUT2D eigenvalue weighted by atomic mass is 19.1. The topological polar surface area (TPSA) is 56.6 Å². The summed E-state index contributed by atoms with van der Waals surface area (Å²) in [7, 11) is 1.54. The molecule has 2 aromatic heterocycles. The predicted octanol–water partition coefficient (Wildman–Crippen LogP) is 7.99. The Morgan fingerprint density at radius 1 is 0.929 bits per heavy atom. The van der Waals surface area contributed by atoms with Gasteiger partial charge in [-0.15, -0.1) is 0 Å². The second-order valence-electron chi connectivity index (χ2n) is 9.96. The van der Waals surface area contributed by atoms with Crippen molar-refractivity contribution in [2.75, 3.05) is 20.3 Å². The van der Waals surface area contributed by atoms with Crippen LogP contribution >= 0.6 is 0 Å². The maximum atomic E-state index is 15.1. The molecule has 0 aliphatic carbocycles. The molecule has 0 N–H and O–H groups in total. The second kappa shape index (κ2) is 12.4. The maximum absolute atomic E-state index is 15.1. The van der Waals surface area contributed by atoms with Gasteiger partial charge in [0.1, 0.15) is 40.2 Å². The summed E-state index contributed by atoms with van der Waals surface area (Å²) < 4.78 is 54.5. The lowest BCUT2D eigenvalue weighted by Gasteiger charge is -2.20. The molecular weight excluding hydrogens is 539 g/mol. The summed E-state index contributed by atoms with van der Waals surface area (Å²) in [5.74, 6) is -1.11. The molecule has 1 atom stereocenters. The van der Waals surface area contributed by atoms with E-state index in [0.29, 0.717) is 52.5 Å². The third kappa shape index (κ3) is 5.98. The van der Waals surface area contributed by atoms with Gasteiger partial charge in [-0.1, -0.05) is 30.3 Å². The van der Waals surface area contributed by atoms with Crippen LogP contribution in [0, 0.1) is 31.3 Å². The number of hydrogen-bond donors (Lipinski definition) is 0. The molecular formula is C34H30F3N3O2. The molecule has 0 aliphatic heterocycles. The van der Waals surface area contributed by atoms with Crippen molar-refractivity contribution < 1.29 is 22.6 Å². The molecule has 0 spiro atoms. The lowest BCUT2D eigenvalue weighted by Crippen LogP contribution is -2.11. The van der Waals surface area contributed by atoms with Gasteiger partial charge in [0, 0.05) is 29.1 Å². The number of fused-ring (bicyclic) bond motifs is 1. The molecule has 8 heteroatoms. The Balaban J connectivity index is 1.58. The first-order chi connectivity index (χ1) is 20.3. The van der Waals surface area contributed by atoms with E-state index in [4.69, 9.17) is 19.5 Å². The van der Waals surface area contributed by atoms with Gasteiger partial charge in [0.05, 0.1) is 32.2 Å².